The van der Waals surface area contributed by atoms with Crippen molar-refractivity contribution < 1.29 is 5.11 Å². The molecule has 0 amide bonds. The molecular weight excluding hydrogens is 236 g/mol. The summed E-state index contributed by atoms with van der Waals surface area (Å²) in [6.07, 6.45) is 5.16. The molecule has 2 aromatic rings. The number of aromatic amines is 1. The van der Waals surface area contributed by atoms with Crippen molar-refractivity contribution in [3.8, 4) is 0 Å². The van der Waals surface area contributed by atoms with Crippen molar-refractivity contribution >= 4 is 10.9 Å². The second-order valence-corrected chi connectivity index (χ2v) is 5.71. The Bertz CT molecular complexity index is 546. The highest BCUT2D eigenvalue weighted by atomic mass is 16.3. The Morgan fingerprint density at radius 2 is 2.32 bits per heavy atom. The van der Waals surface area contributed by atoms with Crippen LogP contribution in [0.5, 0.6) is 0 Å². The molecule has 0 radical (unpaired) electrons. The van der Waals surface area contributed by atoms with Gasteiger partial charge in [-0.3, -0.25) is 4.90 Å². The van der Waals surface area contributed by atoms with Crippen molar-refractivity contribution in [2.24, 2.45) is 0 Å². The van der Waals surface area contributed by atoms with E-state index in [2.05, 4.69) is 34.1 Å². The molecule has 1 aromatic heterocycles. The second-order valence-electron chi connectivity index (χ2n) is 5.71. The minimum Gasteiger partial charge on any atom is -0.393 e. The Morgan fingerprint density at radius 1 is 1.42 bits per heavy atom. The maximum absolute atomic E-state index is 9.60. The van der Waals surface area contributed by atoms with Crippen molar-refractivity contribution in [3.05, 3.63) is 36.0 Å². The number of nitrogens with zero attached hydrogens (tertiary/aromatic N) is 1. The summed E-state index contributed by atoms with van der Waals surface area (Å²) in [5.41, 5.74) is 2.60. The predicted octanol–water partition coefficient (Wildman–Crippen LogP) is 2.90. The van der Waals surface area contributed by atoms with E-state index >= 15 is 0 Å². The first kappa shape index (κ1) is 12.7. The SMILES string of the molecule is CC(O)CC1CCCN1Cc1cccc2[nH]ccc12. The van der Waals surface area contributed by atoms with E-state index in [4.69, 9.17) is 0 Å². The Balaban J connectivity index is 1.78. The summed E-state index contributed by atoms with van der Waals surface area (Å²) < 4.78 is 0. The lowest BCUT2D eigenvalue weighted by atomic mass is 10.1. The molecule has 2 unspecified atom stereocenters. The molecule has 1 fully saturated rings. The van der Waals surface area contributed by atoms with E-state index in [0.717, 1.165) is 19.5 Å². The summed E-state index contributed by atoms with van der Waals surface area (Å²) in [6, 6.07) is 9.15. The Labute approximate surface area is 114 Å². The lowest BCUT2D eigenvalue weighted by Crippen LogP contribution is -2.31. The molecule has 2 atom stereocenters. The van der Waals surface area contributed by atoms with Gasteiger partial charge in [-0.25, -0.2) is 0 Å². The Hall–Kier alpha value is -1.32. The van der Waals surface area contributed by atoms with E-state index in [1.807, 2.05) is 13.1 Å². The van der Waals surface area contributed by atoms with Gasteiger partial charge < -0.3 is 10.1 Å². The fourth-order valence-electron chi connectivity index (χ4n) is 3.27. The van der Waals surface area contributed by atoms with Gasteiger partial charge in [-0.1, -0.05) is 12.1 Å². The number of fused-ring (bicyclic) bond motifs is 1. The largest absolute Gasteiger partial charge is 0.393 e. The van der Waals surface area contributed by atoms with Crippen LogP contribution < -0.4 is 0 Å². The first-order valence-electron chi connectivity index (χ1n) is 7.21. The first-order chi connectivity index (χ1) is 9.24. The third-order valence-electron chi connectivity index (χ3n) is 4.17. The molecule has 2 heterocycles. The number of likely N-dealkylation sites (tertiary alicyclic amines) is 1. The van der Waals surface area contributed by atoms with Crippen molar-refractivity contribution in [1.82, 2.24) is 9.88 Å². The highest BCUT2D eigenvalue weighted by Crippen LogP contribution is 2.26. The molecule has 3 heteroatoms. The normalized spacial score (nSPS) is 22.1. The molecule has 0 aliphatic carbocycles. The van der Waals surface area contributed by atoms with Crippen LogP contribution in [0.4, 0.5) is 0 Å². The number of aromatic nitrogens is 1. The van der Waals surface area contributed by atoms with Gasteiger partial charge in [0.15, 0.2) is 0 Å². The van der Waals surface area contributed by atoms with Crippen LogP contribution in [-0.4, -0.2) is 33.7 Å². The Kier molecular flexibility index (Phi) is 3.58. The van der Waals surface area contributed by atoms with Gasteiger partial charge in [-0.05, 0) is 50.4 Å². The zero-order chi connectivity index (χ0) is 13.2. The maximum atomic E-state index is 9.60. The van der Waals surface area contributed by atoms with Crippen LogP contribution in [0.2, 0.25) is 0 Å². The van der Waals surface area contributed by atoms with Gasteiger partial charge in [0.05, 0.1) is 6.10 Å². The zero-order valence-electron chi connectivity index (χ0n) is 11.5. The highest BCUT2D eigenvalue weighted by molar-refractivity contribution is 5.82. The number of hydrogen-bond acceptors (Lipinski definition) is 2. The quantitative estimate of drug-likeness (QED) is 0.885. The smallest absolute Gasteiger partial charge is 0.0527 e. The molecule has 1 aliphatic heterocycles. The summed E-state index contributed by atoms with van der Waals surface area (Å²) in [5, 5.41) is 10.9. The summed E-state index contributed by atoms with van der Waals surface area (Å²) in [5.74, 6) is 0. The van der Waals surface area contributed by atoms with Gasteiger partial charge in [-0.2, -0.15) is 0 Å². The second kappa shape index (κ2) is 5.35. The highest BCUT2D eigenvalue weighted by Gasteiger charge is 2.25. The standard InChI is InChI=1S/C16H22N2O/c1-12(19)10-14-5-3-9-18(14)11-13-4-2-6-16-15(13)7-8-17-16/h2,4,6-8,12,14,17,19H,3,5,9-11H2,1H3. The lowest BCUT2D eigenvalue weighted by molar-refractivity contribution is 0.131. The molecule has 0 saturated carbocycles. The maximum Gasteiger partial charge on any atom is 0.0527 e. The minimum absolute atomic E-state index is 0.200. The van der Waals surface area contributed by atoms with Crippen molar-refractivity contribution in [3.63, 3.8) is 0 Å². The molecule has 1 saturated heterocycles. The van der Waals surface area contributed by atoms with Gasteiger partial charge in [-0.15, -0.1) is 0 Å². The number of rotatable bonds is 4. The zero-order valence-corrected chi connectivity index (χ0v) is 11.5. The van der Waals surface area contributed by atoms with Crippen molar-refractivity contribution in [2.45, 2.75) is 44.9 Å². The van der Waals surface area contributed by atoms with Gasteiger partial charge in [0.2, 0.25) is 0 Å². The summed E-state index contributed by atoms with van der Waals surface area (Å²) in [6.45, 7) is 4.04. The van der Waals surface area contributed by atoms with E-state index in [1.54, 1.807) is 0 Å². The molecule has 19 heavy (non-hydrogen) atoms. The fraction of sp³-hybridized carbons (Fsp3) is 0.500. The van der Waals surface area contributed by atoms with E-state index < -0.39 is 0 Å². The number of hydrogen-bond donors (Lipinski definition) is 2. The third kappa shape index (κ3) is 2.67. The van der Waals surface area contributed by atoms with E-state index in [0.29, 0.717) is 6.04 Å². The third-order valence-corrected chi connectivity index (χ3v) is 4.17. The number of aliphatic hydroxyl groups excluding tert-OH is 1. The van der Waals surface area contributed by atoms with E-state index in [1.165, 1.54) is 29.3 Å². The molecule has 3 rings (SSSR count). The molecule has 1 aliphatic rings. The molecule has 2 N–H and O–H groups in total. The number of benzene rings is 1. The van der Waals surface area contributed by atoms with Crippen molar-refractivity contribution in [2.75, 3.05) is 6.54 Å². The summed E-state index contributed by atoms with van der Waals surface area (Å²) in [7, 11) is 0. The molecule has 1 aromatic carbocycles. The van der Waals surface area contributed by atoms with Gasteiger partial charge in [0.25, 0.3) is 0 Å². The molecule has 0 bridgehead atoms. The van der Waals surface area contributed by atoms with Gasteiger partial charge in [0.1, 0.15) is 0 Å². The molecule has 3 nitrogen and oxygen atoms in total. The Morgan fingerprint density at radius 3 is 3.16 bits per heavy atom. The first-order valence-corrected chi connectivity index (χ1v) is 7.21. The van der Waals surface area contributed by atoms with Crippen LogP contribution in [0.3, 0.4) is 0 Å². The van der Waals surface area contributed by atoms with Gasteiger partial charge in [0, 0.05) is 29.7 Å². The van der Waals surface area contributed by atoms with Crippen LogP contribution in [0.1, 0.15) is 31.7 Å². The average Bonchev–Trinajstić information content (AvgIpc) is 2.99. The number of aliphatic hydroxyl groups is 1. The van der Waals surface area contributed by atoms with E-state index in [9.17, 15) is 5.11 Å². The molecule has 102 valence electrons. The monoisotopic (exact) mass is 258 g/mol. The summed E-state index contributed by atoms with van der Waals surface area (Å²) >= 11 is 0. The van der Waals surface area contributed by atoms with Crippen molar-refractivity contribution in [1.29, 1.82) is 0 Å². The number of nitrogens with one attached hydrogen (secondary N) is 1. The van der Waals surface area contributed by atoms with Crippen LogP contribution in [0.15, 0.2) is 30.5 Å². The topological polar surface area (TPSA) is 39.3 Å². The predicted molar refractivity (Wildman–Crippen MR) is 78.0 cm³/mol. The lowest BCUT2D eigenvalue weighted by Gasteiger charge is -2.25. The fourth-order valence-corrected chi connectivity index (χ4v) is 3.27. The van der Waals surface area contributed by atoms with Crippen LogP contribution in [0.25, 0.3) is 10.9 Å². The van der Waals surface area contributed by atoms with E-state index in [-0.39, 0.29) is 6.10 Å². The average molecular weight is 258 g/mol. The van der Waals surface area contributed by atoms with Crippen LogP contribution in [-0.2, 0) is 6.54 Å². The van der Waals surface area contributed by atoms with Gasteiger partial charge >= 0.3 is 0 Å². The number of H-pyrrole nitrogens is 1. The molecule has 0 spiro atoms. The van der Waals surface area contributed by atoms with Crippen LogP contribution in [0, 0.1) is 0 Å². The minimum atomic E-state index is -0.200. The molecular formula is C16H22N2O. The summed E-state index contributed by atoms with van der Waals surface area (Å²) in [4.78, 5) is 5.79. The van der Waals surface area contributed by atoms with Crippen LogP contribution >= 0.6 is 0 Å².